The summed E-state index contributed by atoms with van der Waals surface area (Å²) in [6.45, 7) is 4.72. The first-order chi connectivity index (χ1) is 11.9. The fraction of sp³-hybridized carbons (Fsp3) is 0.368. The van der Waals surface area contributed by atoms with Gasteiger partial charge in [0.25, 0.3) is 5.56 Å². The number of aryl methyl sites for hydroxylation is 1. The van der Waals surface area contributed by atoms with E-state index in [0.29, 0.717) is 34.2 Å². The van der Waals surface area contributed by atoms with E-state index in [1.54, 1.807) is 19.2 Å². The van der Waals surface area contributed by atoms with Crippen molar-refractivity contribution >= 4 is 27.5 Å². The molecule has 5 nitrogen and oxygen atoms in total. The minimum absolute atomic E-state index is 0.148. The molecule has 3 aromatic rings. The summed E-state index contributed by atoms with van der Waals surface area (Å²) in [5.41, 5.74) is 6.19. The normalized spacial score (nSPS) is 11.6. The van der Waals surface area contributed by atoms with Crippen molar-refractivity contribution < 1.29 is 9.13 Å². The molecule has 0 fully saturated rings. The minimum atomic E-state index is -0.452. The fourth-order valence-electron chi connectivity index (χ4n) is 3.02. The van der Waals surface area contributed by atoms with Crippen LogP contribution < -0.4 is 16.0 Å². The van der Waals surface area contributed by atoms with Gasteiger partial charge in [0.05, 0.1) is 17.5 Å². The molecule has 0 saturated heterocycles. The number of ether oxygens (including phenoxy) is 1. The molecule has 6 heteroatoms. The van der Waals surface area contributed by atoms with E-state index in [9.17, 15) is 9.18 Å². The van der Waals surface area contributed by atoms with Crippen molar-refractivity contribution in [3.05, 3.63) is 40.6 Å². The molecule has 1 aromatic carbocycles. The molecule has 0 atom stereocenters. The summed E-state index contributed by atoms with van der Waals surface area (Å²) in [5, 5.41) is 1.51. The Labute approximate surface area is 145 Å². The van der Waals surface area contributed by atoms with Gasteiger partial charge >= 0.3 is 0 Å². The summed E-state index contributed by atoms with van der Waals surface area (Å²) in [5.74, 6) is 0.436. The Kier molecular flexibility index (Phi) is 4.61. The molecule has 2 aromatic heterocycles. The van der Waals surface area contributed by atoms with Gasteiger partial charge in [0.15, 0.2) is 11.6 Å². The molecule has 0 spiro atoms. The monoisotopic (exact) mass is 343 g/mol. The standard InChI is InChI=1S/C19H22FN3O2/c1-11(2)5-4-8-25-16-10-15-13(9-14(16)20)12-6-7-22-18(21)17(12)19(24)23(15)3/h6-7,9-11H,4-5,8H2,1-3H3,(H2,21,22). The van der Waals surface area contributed by atoms with Gasteiger partial charge in [-0.2, -0.15) is 0 Å². The summed E-state index contributed by atoms with van der Waals surface area (Å²) in [6, 6.07) is 4.66. The quantitative estimate of drug-likeness (QED) is 0.567. The van der Waals surface area contributed by atoms with Gasteiger partial charge in [0.2, 0.25) is 0 Å². The highest BCUT2D eigenvalue weighted by molar-refractivity contribution is 6.08. The Balaban J connectivity index is 2.10. The number of hydrogen-bond donors (Lipinski definition) is 1. The van der Waals surface area contributed by atoms with Crippen LogP contribution in [0.1, 0.15) is 26.7 Å². The van der Waals surface area contributed by atoms with E-state index in [0.717, 1.165) is 12.8 Å². The molecular formula is C19H22FN3O2. The van der Waals surface area contributed by atoms with Crippen molar-refractivity contribution in [3.8, 4) is 5.75 Å². The molecule has 0 aliphatic rings. The van der Waals surface area contributed by atoms with Crippen LogP contribution >= 0.6 is 0 Å². The van der Waals surface area contributed by atoms with Crippen LogP contribution in [0.15, 0.2) is 29.2 Å². The third-order valence-electron chi connectivity index (χ3n) is 4.38. The van der Waals surface area contributed by atoms with E-state index in [2.05, 4.69) is 18.8 Å². The maximum Gasteiger partial charge on any atom is 0.262 e. The summed E-state index contributed by atoms with van der Waals surface area (Å²) in [4.78, 5) is 16.6. The highest BCUT2D eigenvalue weighted by Gasteiger charge is 2.15. The topological polar surface area (TPSA) is 70.1 Å². The van der Waals surface area contributed by atoms with Gasteiger partial charge in [-0.3, -0.25) is 4.79 Å². The van der Waals surface area contributed by atoms with E-state index in [4.69, 9.17) is 10.5 Å². The molecule has 132 valence electrons. The number of fused-ring (bicyclic) bond motifs is 3. The van der Waals surface area contributed by atoms with Crippen LogP contribution in [-0.4, -0.2) is 16.2 Å². The molecule has 0 bridgehead atoms. The van der Waals surface area contributed by atoms with Crippen molar-refractivity contribution in [2.45, 2.75) is 26.7 Å². The second-order valence-corrected chi connectivity index (χ2v) is 6.67. The number of benzene rings is 1. The first-order valence-electron chi connectivity index (χ1n) is 8.39. The van der Waals surface area contributed by atoms with Crippen LogP contribution in [0.2, 0.25) is 0 Å². The van der Waals surface area contributed by atoms with Gasteiger partial charge in [0.1, 0.15) is 5.82 Å². The van der Waals surface area contributed by atoms with Gasteiger partial charge in [-0.1, -0.05) is 13.8 Å². The number of nitrogen functional groups attached to an aromatic ring is 1. The zero-order chi connectivity index (χ0) is 18.1. The van der Waals surface area contributed by atoms with E-state index >= 15 is 0 Å². The Morgan fingerprint density at radius 1 is 1.32 bits per heavy atom. The summed E-state index contributed by atoms with van der Waals surface area (Å²) >= 11 is 0. The molecule has 0 saturated carbocycles. The van der Waals surface area contributed by atoms with E-state index in [-0.39, 0.29) is 17.1 Å². The number of nitrogens with two attached hydrogens (primary N) is 1. The number of halogens is 1. The lowest BCUT2D eigenvalue weighted by atomic mass is 10.1. The number of pyridine rings is 2. The van der Waals surface area contributed by atoms with Crippen LogP contribution in [0.4, 0.5) is 10.2 Å². The Morgan fingerprint density at radius 2 is 2.08 bits per heavy atom. The maximum atomic E-state index is 14.5. The molecule has 25 heavy (non-hydrogen) atoms. The molecule has 0 radical (unpaired) electrons. The summed E-state index contributed by atoms with van der Waals surface area (Å²) < 4.78 is 21.6. The summed E-state index contributed by atoms with van der Waals surface area (Å²) in [6.07, 6.45) is 3.39. The minimum Gasteiger partial charge on any atom is -0.490 e. The predicted octanol–water partition coefficient (Wildman–Crippen LogP) is 3.62. The van der Waals surface area contributed by atoms with Crippen LogP contribution in [0.5, 0.6) is 5.75 Å². The van der Waals surface area contributed by atoms with Gasteiger partial charge in [-0.15, -0.1) is 0 Å². The second kappa shape index (κ2) is 6.70. The number of anilines is 1. The van der Waals surface area contributed by atoms with Gasteiger partial charge in [-0.05, 0) is 30.9 Å². The Bertz CT molecular complexity index is 996. The van der Waals surface area contributed by atoms with Gasteiger partial charge < -0.3 is 15.0 Å². The first kappa shape index (κ1) is 17.2. The molecule has 2 heterocycles. The van der Waals surface area contributed by atoms with Crippen LogP contribution in [-0.2, 0) is 7.05 Å². The van der Waals surface area contributed by atoms with Crippen LogP contribution in [0.25, 0.3) is 21.7 Å². The number of nitrogens with zero attached hydrogens (tertiary/aromatic N) is 2. The number of rotatable bonds is 5. The lowest BCUT2D eigenvalue weighted by molar-refractivity contribution is 0.284. The average Bonchev–Trinajstić information content (AvgIpc) is 2.57. The van der Waals surface area contributed by atoms with Crippen molar-refractivity contribution in [3.63, 3.8) is 0 Å². The van der Waals surface area contributed by atoms with E-state index in [1.807, 2.05) is 0 Å². The van der Waals surface area contributed by atoms with Crippen LogP contribution in [0, 0.1) is 11.7 Å². The van der Waals surface area contributed by atoms with Crippen molar-refractivity contribution in [1.82, 2.24) is 9.55 Å². The molecule has 0 unspecified atom stereocenters. The van der Waals surface area contributed by atoms with Crippen molar-refractivity contribution in [2.75, 3.05) is 12.3 Å². The Morgan fingerprint density at radius 3 is 2.80 bits per heavy atom. The maximum absolute atomic E-state index is 14.5. The zero-order valence-corrected chi connectivity index (χ0v) is 14.7. The number of aromatic nitrogens is 2. The average molecular weight is 343 g/mol. The van der Waals surface area contributed by atoms with Crippen LogP contribution in [0.3, 0.4) is 0 Å². The predicted molar refractivity (Wildman–Crippen MR) is 98.4 cm³/mol. The molecule has 0 aliphatic carbocycles. The summed E-state index contributed by atoms with van der Waals surface area (Å²) in [7, 11) is 1.64. The second-order valence-electron chi connectivity index (χ2n) is 6.67. The van der Waals surface area contributed by atoms with Gasteiger partial charge in [0, 0.05) is 30.1 Å². The molecule has 2 N–H and O–H groups in total. The van der Waals surface area contributed by atoms with Crippen molar-refractivity contribution in [2.24, 2.45) is 13.0 Å². The molecule has 0 amide bonds. The largest absolute Gasteiger partial charge is 0.490 e. The number of hydrogen-bond acceptors (Lipinski definition) is 4. The van der Waals surface area contributed by atoms with Gasteiger partial charge in [-0.25, -0.2) is 9.37 Å². The lowest BCUT2D eigenvalue weighted by Gasteiger charge is -2.13. The third-order valence-corrected chi connectivity index (χ3v) is 4.38. The highest BCUT2D eigenvalue weighted by Crippen LogP contribution is 2.30. The van der Waals surface area contributed by atoms with Crippen molar-refractivity contribution in [1.29, 1.82) is 0 Å². The smallest absolute Gasteiger partial charge is 0.262 e. The third kappa shape index (κ3) is 3.16. The highest BCUT2D eigenvalue weighted by atomic mass is 19.1. The van der Waals surface area contributed by atoms with E-state index < -0.39 is 5.82 Å². The first-order valence-corrected chi connectivity index (χ1v) is 8.39. The Hall–Kier alpha value is -2.63. The fourth-order valence-corrected chi connectivity index (χ4v) is 3.02. The molecular weight excluding hydrogens is 321 g/mol. The SMILES string of the molecule is CC(C)CCCOc1cc2c(cc1F)c1ccnc(N)c1c(=O)n2C. The molecule has 0 aliphatic heterocycles. The van der Waals surface area contributed by atoms with E-state index in [1.165, 1.54) is 16.8 Å². The zero-order valence-electron chi connectivity index (χ0n) is 14.7. The molecule has 3 rings (SSSR count). The lowest BCUT2D eigenvalue weighted by Crippen LogP contribution is -2.19.